The number of aryl methyl sites for hydroxylation is 1. The van der Waals surface area contributed by atoms with Crippen molar-refractivity contribution in [1.29, 1.82) is 0 Å². The van der Waals surface area contributed by atoms with Gasteiger partial charge in [-0.1, -0.05) is 69.1 Å². The molecule has 1 atom stereocenters. The van der Waals surface area contributed by atoms with Crippen molar-refractivity contribution < 1.29 is 14.1 Å². The second-order valence-electron chi connectivity index (χ2n) is 7.11. The lowest BCUT2D eigenvalue weighted by molar-refractivity contribution is -0.147. The first-order valence-electron chi connectivity index (χ1n) is 9.51. The van der Waals surface area contributed by atoms with Gasteiger partial charge in [-0.05, 0) is 48.9 Å². The van der Waals surface area contributed by atoms with Gasteiger partial charge < -0.3 is 9.26 Å². The van der Waals surface area contributed by atoms with Crippen LogP contribution in [0.2, 0.25) is 5.02 Å². The molecule has 0 aliphatic carbocycles. The molecule has 152 valence electrons. The number of hydrogen-bond donors (Lipinski definition) is 0. The average molecular weight is 485 g/mol. The van der Waals surface area contributed by atoms with Crippen LogP contribution in [0.3, 0.4) is 0 Å². The summed E-state index contributed by atoms with van der Waals surface area (Å²) < 4.78 is 12.2. The van der Waals surface area contributed by atoms with E-state index in [1.54, 1.807) is 6.07 Å². The number of rotatable bonds is 5. The third kappa shape index (κ3) is 4.27. The lowest BCUT2D eigenvalue weighted by Gasteiger charge is -2.15. The maximum Gasteiger partial charge on any atom is 0.311 e. The Morgan fingerprint density at radius 3 is 2.67 bits per heavy atom. The molecule has 4 rings (SSSR count). The van der Waals surface area contributed by atoms with Gasteiger partial charge >= 0.3 is 5.97 Å². The van der Waals surface area contributed by atoms with Crippen molar-refractivity contribution in [3.63, 3.8) is 0 Å². The topological polar surface area (TPSA) is 52.3 Å². The minimum Gasteiger partial charge on any atom is -0.457 e. The molecule has 0 saturated heterocycles. The zero-order valence-electron chi connectivity index (χ0n) is 16.5. The highest BCUT2D eigenvalue weighted by molar-refractivity contribution is 9.10. The van der Waals surface area contributed by atoms with Crippen LogP contribution in [0, 0.1) is 6.92 Å². The molecule has 6 heteroatoms. The number of ether oxygens (including phenoxy) is 1. The highest BCUT2D eigenvalue weighted by atomic mass is 79.9. The van der Waals surface area contributed by atoms with Crippen molar-refractivity contribution >= 4 is 44.3 Å². The monoisotopic (exact) mass is 483 g/mol. The molecule has 4 nitrogen and oxygen atoms in total. The highest BCUT2D eigenvalue weighted by Gasteiger charge is 2.21. The Kier molecular flexibility index (Phi) is 5.93. The molecule has 0 N–H and O–H groups in total. The first kappa shape index (κ1) is 20.6. The summed E-state index contributed by atoms with van der Waals surface area (Å²) in [6.07, 6.45) is -0.383. The second-order valence-corrected chi connectivity index (χ2v) is 8.44. The van der Waals surface area contributed by atoms with E-state index < -0.39 is 6.10 Å². The molecule has 1 heterocycles. The Labute approximate surface area is 187 Å². The molecule has 1 aromatic heterocycles. The Bertz CT molecular complexity index is 1230. The van der Waals surface area contributed by atoms with E-state index in [1.807, 2.05) is 62.4 Å². The molecule has 0 aliphatic rings. The van der Waals surface area contributed by atoms with E-state index >= 15 is 0 Å². The number of carbonyl (C=O) groups is 1. The summed E-state index contributed by atoms with van der Waals surface area (Å²) in [6.45, 7) is 3.63. The number of fused-ring (bicyclic) bond motifs is 1. The van der Waals surface area contributed by atoms with E-state index in [0.29, 0.717) is 16.5 Å². The highest BCUT2D eigenvalue weighted by Crippen LogP contribution is 2.31. The molecule has 0 saturated carbocycles. The van der Waals surface area contributed by atoms with Gasteiger partial charge in [0.15, 0.2) is 5.76 Å². The van der Waals surface area contributed by atoms with E-state index in [0.717, 1.165) is 31.9 Å². The average Bonchev–Trinajstić information content (AvgIpc) is 3.08. The lowest BCUT2D eigenvalue weighted by atomic mass is 10.0. The molecular formula is C24H19BrClNO3. The zero-order chi connectivity index (χ0) is 21.3. The number of aromatic nitrogens is 1. The molecule has 0 spiro atoms. The van der Waals surface area contributed by atoms with Crippen LogP contribution in [0.1, 0.15) is 29.8 Å². The van der Waals surface area contributed by atoms with Crippen LogP contribution in [0.25, 0.3) is 22.1 Å². The lowest BCUT2D eigenvalue weighted by Crippen LogP contribution is -2.12. The molecule has 0 aliphatic heterocycles. The van der Waals surface area contributed by atoms with E-state index in [1.165, 1.54) is 0 Å². The maximum atomic E-state index is 12.7. The molecular weight excluding hydrogens is 466 g/mol. The van der Waals surface area contributed by atoms with Crippen molar-refractivity contribution in [3.8, 4) is 11.3 Å². The van der Waals surface area contributed by atoms with Gasteiger partial charge in [-0.2, -0.15) is 0 Å². The number of nitrogens with zero attached hydrogens (tertiary/aromatic N) is 1. The van der Waals surface area contributed by atoms with Crippen molar-refractivity contribution in [2.24, 2.45) is 0 Å². The number of benzene rings is 3. The first-order chi connectivity index (χ1) is 14.4. The molecule has 0 fully saturated rings. The van der Waals surface area contributed by atoms with Crippen LogP contribution in [-0.2, 0) is 16.0 Å². The summed E-state index contributed by atoms with van der Waals surface area (Å²) in [5.74, 6) is 0.222. The van der Waals surface area contributed by atoms with E-state index in [2.05, 4.69) is 27.2 Å². The summed E-state index contributed by atoms with van der Waals surface area (Å²) >= 11 is 9.70. The summed E-state index contributed by atoms with van der Waals surface area (Å²) in [5.41, 5.74) is 3.04. The fourth-order valence-electron chi connectivity index (χ4n) is 3.43. The third-order valence-corrected chi connectivity index (χ3v) is 5.86. The van der Waals surface area contributed by atoms with Crippen LogP contribution in [-0.4, -0.2) is 11.1 Å². The van der Waals surface area contributed by atoms with Crippen molar-refractivity contribution in [3.05, 3.63) is 87.0 Å². The van der Waals surface area contributed by atoms with Crippen LogP contribution < -0.4 is 0 Å². The molecule has 1 unspecified atom stereocenters. The standard InChI is InChI=1S/C24H19BrClNO3/c1-14-21(13-23(28)29-15(2)20-5-3-4-6-22(20)26)24(30-27-14)18-8-7-17-12-19(25)10-9-16(17)11-18/h3-12,15H,13H2,1-2H3. The van der Waals surface area contributed by atoms with Crippen LogP contribution >= 0.6 is 27.5 Å². The summed E-state index contributed by atoms with van der Waals surface area (Å²) in [4.78, 5) is 12.7. The number of halogens is 2. The normalized spacial score (nSPS) is 12.1. The van der Waals surface area contributed by atoms with Gasteiger partial charge in [0, 0.05) is 26.2 Å². The third-order valence-electron chi connectivity index (χ3n) is 5.02. The fourth-order valence-corrected chi connectivity index (χ4v) is 4.10. The Balaban J connectivity index is 1.57. The molecule has 0 radical (unpaired) electrons. The smallest absolute Gasteiger partial charge is 0.311 e. The van der Waals surface area contributed by atoms with E-state index in [-0.39, 0.29) is 12.4 Å². The van der Waals surface area contributed by atoms with Gasteiger partial charge in [-0.25, -0.2) is 0 Å². The van der Waals surface area contributed by atoms with Gasteiger partial charge in [-0.15, -0.1) is 0 Å². The van der Waals surface area contributed by atoms with E-state index in [9.17, 15) is 4.79 Å². The summed E-state index contributed by atoms with van der Waals surface area (Å²) in [5, 5.41) is 6.84. The molecule has 3 aromatic carbocycles. The van der Waals surface area contributed by atoms with Crippen molar-refractivity contribution in [1.82, 2.24) is 5.16 Å². The predicted octanol–water partition coefficient (Wildman–Crippen LogP) is 7.07. The number of esters is 1. The SMILES string of the molecule is Cc1noc(-c2ccc3cc(Br)ccc3c2)c1CC(=O)OC(C)c1ccccc1Cl. The number of hydrogen-bond acceptors (Lipinski definition) is 4. The minimum atomic E-state index is -0.450. The summed E-state index contributed by atoms with van der Waals surface area (Å²) in [6, 6.07) is 19.4. The van der Waals surface area contributed by atoms with Crippen molar-refractivity contribution in [2.45, 2.75) is 26.4 Å². The Morgan fingerprint density at radius 2 is 1.87 bits per heavy atom. The van der Waals surface area contributed by atoms with Crippen LogP contribution in [0.15, 0.2) is 69.7 Å². The van der Waals surface area contributed by atoms with Crippen LogP contribution in [0.4, 0.5) is 0 Å². The molecule has 0 amide bonds. The zero-order valence-corrected chi connectivity index (χ0v) is 18.8. The largest absolute Gasteiger partial charge is 0.457 e. The quantitative estimate of drug-likeness (QED) is 0.284. The van der Waals surface area contributed by atoms with Gasteiger partial charge in [-0.3, -0.25) is 4.79 Å². The molecule has 4 aromatic rings. The van der Waals surface area contributed by atoms with Gasteiger partial charge in [0.05, 0.1) is 12.1 Å². The maximum absolute atomic E-state index is 12.7. The summed E-state index contributed by atoms with van der Waals surface area (Å²) in [7, 11) is 0. The van der Waals surface area contributed by atoms with Gasteiger partial charge in [0.1, 0.15) is 6.10 Å². The van der Waals surface area contributed by atoms with Crippen LogP contribution in [0.5, 0.6) is 0 Å². The second kappa shape index (κ2) is 8.62. The fraction of sp³-hybridized carbons (Fsp3) is 0.167. The van der Waals surface area contributed by atoms with Gasteiger partial charge in [0.2, 0.25) is 0 Å². The first-order valence-corrected chi connectivity index (χ1v) is 10.7. The van der Waals surface area contributed by atoms with Gasteiger partial charge in [0.25, 0.3) is 0 Å². The Hall–Kier alpha value is -2.63. The van der Waals surface area contributed by atoms with Crippen molar-refractivity contribution in [2.75, 3.05) is 0 Å². The number of carbonyl (C=O) groups excluding carboxylic acids is 1. The molecule has 0 bridgehead atoms. The minimum absolute atomic E-state index is 0.0673. The van der Waals surface area contributed by atoms with E-state index in [4.69, 9.17) is 20.9 Å². The molecule has 30 heavy (non-hydrogen) atoms. The predicted molar refractivity (Wildman–Crippen MR) is 122 cm³/mol. The Morgan fingerprint density at radius 1 is 1.13 bits per heavy atom.